The van der Waals surface area contributed by atoms with Crippen LogP contribution < -0.4 is 5.32 Å². The van der Waals surface area contributed by atoms with Crippen LogP contribution in [0.3, 0.4) is 0 Å². The second-order valence-corrected chi connectivity index (χ2v) is 6.17. The van der Waals surface area contributed by atoms with Crippen LogP contribution in [-0.2, 0) is 22.0 Å². The van der Waals surface area contributed by atoms with Crippen LogP contribution in [0.15, 0.2) is 4.52 Å². The van der Waals surface area contributed by atoms with Gasteiger partial charge < -0.3 is 9.84 Å². The Kier molecular flexibility index (Phi) is 4.43. The highest BCUT2D eigenvalue weighted by atomic mass is 32.2. The van der Waals surface area contributed by atoms with Crippen LogP contribution in [0.2, 0.25) is 0 Å². The number of sulfone groups is 1. The van der Waals surface area contributed by atoms with E-state index in [1.165, 1.54) is 0 Å². The molecule has 16 heavy (non-hydrogen) atoms. The molecule has 0 bridgehead atoms. The van der Waals surface area contributed by atoms with Crippen molar-refractivity contribution in [1.29, 1.82) is 0 Å². The Bertz CT molecular complexity index is 425. The van der Waals surface area contributed by atoms with Gasteiger partial charge in [0.15, 0.2) is 15.7 Å². The first-order valence-corrected chi connectivity index (χ1v) is 7.15. The first-order valence-electron chi connectivity index (χ1n) is 5.09. The van der Waals surface area contributed by atoms with Crippen molar-refractivity contribution in [2.24, 2.45) is 0 Å². The third-order valence-corrected chi connectivity index (χ3v) is 2.58. The molecule has 0 radical (unpaired) electrons. The second-order valence-electron chi connectivity index (χ2n) is 4.03. The van der Waals surface area contributed by atoms with Crippen LogP contribution in [0, 0.1) is 0 Å². The summed E-state index contributed by atoms with van der Waals surface area (Å²) in [6, 6.07) is 0.401. The highest BCUT2D eigenvalue weighted by Gasteiger charge is 2.11. The molecule has 1 aromatic heterocycles. The van der Waals surface area contributed by atoms with Crippen molar-refractivity contribution in [1.82, 2.24) is 15.5 Å². The molecular formula is C9H17N3O3S. The molecule has 6 nitrogen and oxygen atoms in total. The Labute approximate surface area is 95.3 Å². The molecule has 7 heteroatoms. The maximum atomic E-state index is 11.0. The van der Waals surface area contributed by atoms with Crippen LogP contribution in [0.1, 0.15) is 25.6 Å². The highest BCUT2D eigenvalue weighted by molar-refractivity contribution is 7.89. The molecule has 0 unspecified atom stereocenters. The van der Waals surface area contributed by atoms with E-state index < -0.39 is 9.84 Å². The van der Waals surface area contributed by atoms with Gasteiger partial charge in [-0.15, -0.1) is 0 Å². The molecule has 0 aliphatic heterocycles. The van der Waals surface area contributed by atoms with Crippen molar-refractivity contribution >= 4 is 9.84 Å². The van der Waals surface area contributed by atoms with Gasteiger partial charge in [0.05, 0.1) is 0 Å². The van der Waals surface area contributed by atoms with Gasteiger partial charge in [0.1, 0.15) is 5.75 Å². The van der Waals surface area contributed by atoms with Crippen molar-refractivity contribution in [2.75, 3.05) is 12.8 Å². The summed E-state index contributed by atoms with van der Waals surface area (Å²) in [4.78, 5) is 4.00. The van der Waals surface area contributed by atoms with E-state index in [4.69, 9.17) is 4.52 Å². The zero-order chi connectivity index (χ0) is 12.2. The largest absolute Gasteiger partial charge is 0.339 e. The predicted octanol–water partition coefficient (Wildman–Crippen LogP) is 0.155. The number of nitrogens with one attached hydrogen (secondary N) is 1. The van der Waals surface area contributed by atoms with Crippen LogP contribution in [-0.4, -0.2) is 37.4 Å². The second kappa shape index (κ2) is 5.40. The van der Waals surface area contributed by atoms with Crippen LogP contribution in [0.5, 0.6) is 0 Å². The molecule has 1 N–H and O–H groups in total. The maximum absolute atomic E-state index is 11.0. The Morgan fingerprint density at radius 2 is 2.12 bits per heavy atom. The Hall–Kier alpha value is -0.950. The number of nitrogens with zero attached hydrogens (tertiary/aromatic N) is 2. The summed E-state index contributed by atoms with van der Waals surface area (Å²) in [5.74, 6) is 0.516. The van der Waals surface area contributed by atoms with Gasteiger partial charge in [-0.2, -0.15) is 4.98 Å². The average molecular weight is 247 g/mol. The van der Waals surface area contributed by atoms with Crippen molar-refractivity contribution < 1.29 is 12.9 Å². The minimum atomic E-state index is -3.10. The monoisotopic (exact) mass is 247 g/mol. The van der Waals surface area contributed by atoms with Gasteiger partial charge in [0, 0.05) is 25.3 Å². The Balaban J connectivity index is 2.46. The summed E-state index contributed by atoms with van der Waals surface area (Å²) in [5.41, 5.74) is 0. The topological polar surface area (TPSA) is 85.1 Å². The number of aromatic nitrogens is 2. The van der Waals surface area contributed by atoms with E-state index in [1.54, 1.807) is 0 Å². The first kappa shape index (κ1) is 13.1. The maximum Gasteiger partial charge on any atom is 0.227 e. The summed E-state index contributed by atoms with van der Waals surface area (Å²) in [7, 11) is -3.10. The summed E-state index contributed by atoms with van der Waals surface area (Å²) >= 11 is 0. The molecule has 0 saturated carbocycles. The lowest BCUT2D eigenvalue weighted by atomic mass is 10.3. The SMILES string of the molecule is CC(C)NCCc1nc(CS(C)(=O)=O)no1. The fraction of sp³-hybridized carbons (Fsp3) is 0.778. The third-order valence-electron chi connectivity index (χ3n) is 1.79. The molecule has 0 aromatic carbocycles. The molecule has 0 spiro atoms. The average Bonchev–Trinajstić information content (AvgIpc) is 2.48. The fourth-order valence-electron chi connectivity index (χ4n) is 1.15. The zero-order valence-electron chi connectivity index (χ0n) is 9.73. The van der Waals surface area contributed by atoms with Crippen molar-refractivity contribution in [3.8, 4) is 0 Å². The van der Waals surface area contributed by atoms with Crippen molar-refractivity contribution in [3.63, 3.8) is 0 Å². The Morgan fingerprint density at radius 1 is 1.44 bits per heavy atom. The van der Waals surface area contributed by atoms with Gasteiger partial charge in [-0.1, -0.05) is 19.0 Å². The molecule has 1 heterocycles. The molecule has 0 aliphatic rings. The lowest BCUT2D eigenvalue weighted by Gasteiger charge is -2.04. The number of rotatable bonds is 6. The predicted molar refractivity (Wildman–Crippen MR) is 59.7 cm³/mol. The smallest absolute Gasteiger partial charge is 0.227 e. The lowest BCUT2D eigenvalue weighted by Crippen LogP contribution is -2.25. The molecule has 0 saturated heterocycles. The van der Waals surface area contributed by atoms with E-state index >= 15 is 0 Å². The normalized spacial score (nSPS) is 12.2. The van der Waals surface area contributed by atoms with E-state index in [0.29, 0.717) is 18.4 Å². The Morgan fingerprint density at radius 3 is 2.69 bits per heavy atom. The van der Waals surface area contributed by atoms with E-state index in [1.807, 2.05) is 13.8 Å². The molecular weight excluding hydrogens is 230 g/mol. The van der Waals surface area contributed by atoms with E-state index in [-0.39, 0.29) is 11.6 Å². The molecule has 1 rings (SSSR count). The summed E-state index contributed by atoms with van der Waals surface area (Å²) in [6.07, 6.45) is 1.75. The molecule has 0 fully saturated rings. The van der Waals surface area contributed by atoms with Gasteiger partial charge in [-0.25, -0.2) is 8.42 Å². The van der Waals surface area contributed by atoms with Crippen molar-refractivity contribution in [3.05, 3.63) is 11.7 Å². The number of hydrogen-bond donors (Lipinski definition) is 1. The van der Waals surface area contributed by atoms with Gasteiger partial charge >= 0.3 is 0 Å². The van der Waals surface area contributed by atoms with Gasteiger partial charge in [-0.05, 0) is 0 Å². The van der Waals surface area contributed by atoms with E-state index in [2.05, 4.69) is 15.5 Å². The van der Waals surface area contributed by atoms with E-state index in [0.717, 1.165) is 12.8 Å². The fourth-order valence-corrected chi connectivity index (χ4v) is 1.74. The molecule has 0 atom stereocenters. The summed E-state index contributed by atoms with van der Waals surface area (Å²) < 4.78 is 26.9. The van der Waals surface area contributed by atoms with Gasteiger partial charge in [-0.3, -0.25) is 0 Å². The van der Waals surface area contributed by atoms with E-state index in [9.17, 15) is 8.42 Å². The zero-order valence-corrected chi connectivity index (χ0v) is 10.5. The highest BCUT2D eigenvalue weighted by Crippen LogP contribution is 2.02. The van der Waals surface area contributed by atoms with Gasteiger partial charge in [0.25, 0.3) is 0 Å². The molecule has 0 amide bonds. The number of hydrogen-bond acceptors (Lipinski definition) is 6. The van der Waals surface area contributed by atoms with Crippen LogP contribution >= 0.6 is 0 Å². The first-order chi connectivity index (χ1) is 7.37. The van der Waals surface area contributed by atoms with Crippen LogP contribution in [0.4, 0.5) is 0 Å². The van der Waals surface area contributed by atoms with Gasteiger partial charge in [0.2, 0.25) is 5.89 Å². The lowest BCUT2D eigenvalue weighted by molar-refractivity contribution is 0.370. The minimum Gasteiger partial charge on any atom is -0.339 e. The standard InChI is InChI=1S/C9H17N3O3S/c1-7(2)10-5-4-9-11-8(12-15-9)6-16(3,13)14/h7,10H,4-6H2,1-3H3. The third kappa shape index (κ3) is 5.22. The molecule has 92 valence electrons. The van der Waals surface area contributed by atoms with Crippen molar-refractivity contribution in [2.45, 2.75) is 32.1 Å². The van der Waals surface area contributed by atoms with Crippen LogP contribution in [0.25, 0.3) is 0 Å². The minimum absolute atomic E-state index is 0.173. The quantitative estimate of drug-likeness (QED) is 0.770. The summed E-state index contributed by atoms with van der Waals surface area (Å²) in [5, 5.41) is 6.81. The summed E-state index contributed by atoms with van der Waals surface area (Å²) in [6.45, 7) is 4.82. The molecule has 1 aromatic rings. The molecule has 0 aliphatic carbocycles.